The average Bonchev–Trinajstić information content (AvgIpc) is 2.38. The van der Waals surface area contributed by atoms with Crippen molar-refractivity contribution in [3.63, 3.8) is 0 Å². The number of ether oxygens (including phenoxy) is 1. The van der Waals surface area contributed by atoms with Gasteiger partial charge < -0.3 is 15.8 Å². The van der Waals surface area contributed by atoms with Crippen LogP contribution in [0.15, 0.2) is 0 Å². The Morgan fingerprint density at radius 2 is 1.89 bits per heavy atom. The topological polar surface area (TPSA) is 81.4 Å². The van der Waals surface area contributed by atoms with Crippen LogP contribution in [0.1, 0.15) is 46.0 Å². The maximum absolute atomic E-state index is 11.6. The lowest BCUT2D eigenvalue weighted by Crippen LogP contribution is -2.26. The smallest absolute Gasteiger partial charge is 0.305 e. The van der Waals surface area contributed by atoms with Crippen molar-refractivity contribution in [2.45, 2.75) is 46.0 Å². The number of carbonyl (C=O) groups excluding carboxylic acids is 2. The maximum atomic E-state index is 11.6. The molecule has 0 aromatic heterocycles. The Bertz CT molecular complexity index is 267. The Balaban J connectivity index is 3.70. The number of nitrogens with two attached hydrogens (primary N) is 1. The van der Waals surface area contributed by atoms with Crippen LogP contribution >= 0.6 is 0 Å². The van der Waals surface area contributed by atoms with Crippen molar-refractivity contribution >= 4 is 11.9 Å². The minimum absolute atomic E-state index is 0.0486. The van der Waals surface area contributed by atoms with E-state index in [1.807, 2.05) is 0 Å². The van der Waals surface area contributed by atoms with Gasteiger partial charge in [0.05, 0.1) is 7.11 Å². The van der Waals surface area contributed by atoms with Gasteiger partial charge in [0.15, 0.2) is 0 Å². The third-order valence-electron chi connectivity index (χ3n) is 3.33. The van der Waals surface area contributed by atoms with Gasteiger partial charge in [-0.3, -0.25) is 9.59 Å². The molecule has 0 rings (SSSR count). The molecule has 0 radical (unpaired) electrons. The SMILES string of the molecule is COC(=O)CCCNC(=O)CCC(CCN)C(C)C. The highest BCUT2D eigenvalue weighted by molar-refractivity contribution is 5.76. The fourth-order valence-electron chi connectivity index (χ4n) is 1.99. The third-order valence-corrected chi connectivity index (χ3v) is 3.33. The standard InChI is InChI=1S/C14H28N2O3/c1-11(2)12(8-9-15)6-7-13(17)16-10-4-5-14(18)19-3/h11-12H,4-10,15H2,1-3H3,(H,16,17). The highest BCUT2D eigenvalue weighted by Crippen LogP contribution is 2.20. The van der Waals surface area contributed by atoms with Crippen molar-refractivity contribution in [2.75, 3.05) is 20.2 Å². The van der Waals surface area contributed by atoms with Crippen LogP contribution in [0.3, 0.4) is 0 Å². The molecule has 3 N–H and O–H groups in total. The first-order valence-corrected chi connectivity index (χ1v) is 7.04. The Labute approximate surface area is 116 Å². The number of hydrogen-bond acceptors (Lipinski definition) is 4. The summed E-state index contributed by atoms with van der Waals surface area (Å²) in [5, 5.41) is 2.82. The van der Waals surface area contributed by atoms with Gasteiger partial charge in [0.1, 0.15) is 0 Å². The van der Waals surface area contributed by atoms with Gasteiger partial charge >= 0.3 is 5.97 Å². The van der Waals surface area contributed by atoms with Crippen molar-refractivity contribution < 1.29 is 14.3 Å². The highest BCUT2D eigenvalue weighted by atomic mass is 16.5. The van der Waals surface area contributed by atoms with E-state index in [0.717, 1.165) is 12.8 Å². The van der Waals surface area contributed by atoms with Crippen LogP contribution in [-0.2, 0) is 14.3 Å². The van der Waals surface area contributed by atoms with Crippen molar-refractivity contribution in [1.29, 1.82) is 0 Å². The second-order valence-corrected chi connectivity index (χ2v) is 5.15. The minimum atomic E-state index is -0.239. The first-order valence-electron chi connectivity index (χ1n) is 7.04. The molecule has 1 amide bonds. The summed E-state index contributed by atoms with van der Waals surface area (Å²) in [7, 11) is 1.37. The van der Waals surface area contributed by atoms with Crippen LogP contribution in [0.2, 0.25) is 0 Å². The van der Waals surface area contributed by atoms with E-state index in [9.17, 15) is 9.59 Å². The number of nitrogens with one attached hydrogen (secondary N) is 1. The molecule has 0 aromatic carbocycles. The van der Waals surface area contributed by atoms with E-state index in [0.29, 0.717) is 44.2 Å². The fourth-order valence-corrected chi connectivity index (χ4v) is 1.99. The molecule has 0 fully saturated rings. The summed E-state index contributed by atoms with van der Waals surface area (Å²) in [6.07, 6.45) is 3.33. The second-order valence-electron chi connectivity index (χ2n) is 5.15. The summed E-state index contributed by atoms with van der Waals surface area (Å²) in [6.45, 7) is 5.52. The first kappa shape index (κ1) is 17.9. The molecular weight excluding hydrogens is 244 g/mol. The molecule has 112 valence electrons. The lowest BCUT2D eigenvalue weighted by Gasteiger charge is -2.19. The number of methoxy groups -OCH3 is 1. The van der Waals surface area contributed by atoms with Gasteiger partial charge in [-0.1, -0.05) is 13.8 Å². The summed E-state index contributed by atoms with van der Waals surface area (Å²) in [5.41, 5.74) is 5.57. The maximum Gasteiger partial charge on any atom is 0.305 e. The van der Waals surface area contributed by atoms with Crippen LogP contribution in [0, 0.1) is 11.8 Å². The molecule has 0 saturated heterocycles. The molecule has 1 atom stereocenters. The number of rotatable bonds is 10. The van der Waals surface area contributed by atoms with Gasteiger partial charge in [0.2, 0.25) is 5.91 Å². The number of amides is 1. The van der Waals surface area contributed by atoms with E-state index in [1.165, 1.54) is 7.11 Å². The van der Waals surface area contributed by atoms with E-state index in [4.69, 9.17) is 5.73 Å². The molecule has 0 bridgehead atoms. The van der Waals surface area contributed by atoms with Crippen LogP contribution in [0.5, 0.6) is 0 Å². The average molecular weight is 272 g/mol. The lowest BCUT2D eigenvalue weighted by atomic mass is 9.88. The third kappa shape index (κ3) is 9.47. The predicted molar refractivity (Wildman–Crippen MR) is 75.5 cm³/mol. The fraction of sp³-hybridized carbons (Fsp3) is 0.857. The van der Waals surface area contributed by atoms with E-state index in [2.05, 4.69) is 23.9 Å². The molecule has 5 nitrogen and oxygen atoms in total. The molecule has 0 aromatic rings. The van der Waals surface area contributed by atoms with Crippen LogP contribution < -0.4 is 11.1 Å². The summed E-state index contributed by atoms with van der Waals surface area (Å²) in [6, 6.07) is 0. The predicted octanol–water partition coefficient (Wildman–Crippen LogP) is 1.46. The largest absolute Gasteiger partial charge is 0.469 e. The van der Waals surface area contributed by atoms with E-state index in [1.54, 1.807) is 0 Å². The van der Waals surface area contributed by atoms with Crippen molar-refractivity contribution in [3.05, 3.63) is 0 Å². The molecule has 0 aliphatic rings. The first-order chi connectivity index (χ1) is 9.01. The quantitative estimate of drug-likeness (QED) is 0.466. The van der Waals surface area contributed by atoms with Crippen LogP contribution in [0.4, 0.5) is 0 Å². The molecule has 1 unspecified atom stereocenters. The second kappa shape index (κ2) is 10.8. The van der Waals surface area contributed by atoms with Crippen LogP contribution in [0.25, 0.3) is 0 Å². The van der Waals surface area contributed by atoms with E-state index < -0.39 is 0 Å². The van der Waals surface area contributed by atoms with Crippen molar-refractivity contribution in [2.24, 2.45) is 17.6 Å². The molecule has 0 heterocycles. The summed E-state index contributed by atoms with van der Waals surface area (Å²) in [4.78, 5) is 22.5. The van der Waals surface area contributed by atoms with Gasteiger partial charge in [0.25, 0.3) is 0 Å². The normalized spacial score (nSPS) is 12.3. The van der Waals surface area contributed by atoms with Crippen molar-refractivity contribution in [3.8, 4) is 0 Å². The molecule has 19 heavy (non-hydrogen) atoms. The Morgan fingerprint density at radius 1 is 1.21 bits per heavy atom. The molecule has 0 aliphatic carbocycles. The monoisotopic (exact) mass is 272 g/mol. The Morgan fingerprint density at radius 3 is 2.42 bits per heavy atom. The molecule has 0 saturated carbocycles. The van der Waals surface area contributed by atoms with Gasteiger partial charge in [-0.2, -0.15) is 0 Å². The lowest BCUT2D eigenvalue weighted by molar-refractivity contribution is -0.140. The highest BCUT2D eigenvalue weighted by Gasteiger charge is 2.14. The minimum Gasteiger partial charge on any atom is -0.469 e. The van der Waals surface area contributed by atoms with Crippen LogP contribution in [-0.4, -0.2) is 32.1 Å². The zero-order valence-electron chi connectivity index (χ0n) is 12.4. The number of carbonyl (C=O) groups is 2. The molecule has 5 heteroatoms. The zero-order valence-corrected chi connectivity index (χ0v) is 12.4. The number of hydrogen-bond donors (Lipinski definition) is 2. The summed E-state index contributed by atoms with van der Waals surface area (Å²) < 4.78 is 4.53. The van der Waals surface area contributed by atoms with Gasteiger partial charge in [-0.15, -0.1) is 0 Å². The number of esters is 1. The molecule has 0 spiro atoms. The van der Waals surface area contributed by atoms with E-state index >= 15 is 0 Å². The Hall–Kier alpha value is -1.10. The Kier molecular flexibility index (Phi) is 10.2. The summed E-state index contributed by atoms with van der Waals surface area (Å²) in [5.74, 6) is 0.867. The van der Waals surface area contributed by atoms with Crippen molar-refractivity contribution in [1.82, 2.24) is 5.32 Å². The van der Waals surface area contributed by atoms with E-state index in [-0.39, 0.29) is 11.9 Å². The van der Waals surface area contributed by atoms with Gasteiger partial charge in [-0.25, -0.2) is 0 Å². The molecule has 0 aliphatic heterocycles. The molecular formula is C14H28N2O3. The zero-order chi connectivity index (χ0) is 14.7. The van der Waals surface area contributed by atoms with Gasteiger partial charge in [0, 0.05) is 19.4 Å². The van der Waals surface area contributed by atoms with Gasteiger partial charge in [-0.05, 0) is 37.6 Å². The summed E-state index contributed by atoms with van der Waals surface area (Å²) >= 11 is 0.